The molecule has 1 saturated heterocycles. The molecule has 2 atom stereocenters. The fourth-order valence-corrected chi connectivity index (χ4v) is 5.95. The number of urea groups is 1. The van der Waals surface area contributed by atoms with Gasteiger partial charge in [-0.15, -0.1) is 0 Å². The molecule has 0 aliphatic carbocycles. The second-order valence-electron chi connectivity index (χ2n) is 11.1. The summed E-state index contributed by atoms with van der Waals surface area (Å²) in [6.45, 7) is 5.31. The van der Waals surface area contributed by atoms with E-state index in [0.29, 0.717) is 37.4 Å². The molecule has 9 heteroatoms. The average Bonchev–Trinajstić information content (AvgIpc) is 3.47. The molecule has 3 heterocycles. The Labute approximate surface area is 245 Å². The lowest BCUT2D eigenvalue weighted by Crippen LogP contribution is -2.57. The van der Waals surface area contributed by atoms with Gasteiger partial charge >= 0.3 is 6.03 Å². The van der Waals surface area contributed by atoms with Crippen LogP contribution in [0.1, 0.15) is 39.9 Å². The first-order chi connectivity index (χ1) is 20.5. The Morgan fingerprint density at radius 3 is 2.40 bits per heavy atom. The van der Waals surface area contributed by atoms with Crippen LogP contribution in [0.25, 0.3) is 10.9 Å². The second-order valence-corrected chi connectivity index (χ2v) is 11.1. The highest BCUT2D eigenvalue weighted by molar-refractivity contribution is 5.99. The molecule has 4 aromatic rings. The quantitative estimate of drug-likeness (QED) is 0.283. The Balaban J connectivity index is 1.18. The molecule has 6 rings (SSSR count). The highest BCUT2D eigenvalue weighted by Gasteiger charge is 2.33. The first-order valence-corrected chi connectivity index (χ1v) is 14.6. The SMILES string of the molecule is CC(c1c[nH]c2ccccc12)C(NC(=O)N1CCN(C(=O)c2ccccc2)CC1)C(=O)Nc1ccc2c(c1)CNCC2. The predicted octanol–water partition coefficient (Wildman–Crippen LogP) is 4.09. The number of aromatic nitrogens is 1. The zero-order valence-corrected chi connectivity index (χ0v) is 23.7. The molecule has 1 aromatic heterocycles. The van der Waals surface area contributed by atoms with Gasteiger partial charge in [-0.25, -0.2) is 4.79 Å². The summed E-state index contributed by atoms with van der Waals surface area (Å²) in [7, 11) is 0. The summed E-state index contributed by atoms with van der Waals surface area (Å²) < 4.78 is 0. The molecule has 4 amide bonds. The van der Waals surface area contributed by atoms with Crippen molar-refractivity contribution in [1.29, 1.82) is 0 Å². The van der Waals surface area contributed by atoms with Crippen molar-refractivity contribution < 1.29 is 14.4 Å². The molecular weight excluding hydrogens is 528 g/mol. The van der Waals surface area contributed by atoms with Gasteiger partial charge in [-0.05, 0) is 60.0 Å². The van der Waals surface area contributed by atoms with Gasteiger partial charge in [0.05, 0.1) is 0 Å². The number of rotatable bonds is 6. The van der Waals surface area contributed by atoms with E-state index in [2.05, 4.69) is 27.0 Å². The van der Waals surface area contributed by atoms with Crippen molar-refractivity contribution in [2.24, 2.45) is 0 Å². The van der Waals surface area contributed by atoms with Gasteiger partial charge in [0.15, 0.2) is 0 Å². The minimum absolute atomic E-state index is 0.0406. The number of nitrogens with zero attached hydrogens (tertiary/aromatic N) is 2. The summed E-state index contributed by atoms with van der Waals surface area (Å²) in [4.78, 5) is 47.0. The van der Waals surface area contributed by atoms with Crippen molar-refractivity contribution in [2.45, 2.75) is 31.8 Å². The number of carbonyl (C=O) groups excluding carboxylic acids is 3. The number of anilines is 1. The lowest BCUT2D eigenvalue weighted by Gasteiger charge is -2.36. The number of para-hydroxylation sites is 1. The molecule has 42 heavy (non-hydrogen) atoms. The van der Waals surface area contributed by atoms with Crippen molar-refractivity contribution in [1.82, 2.24) is 25.4 Å². The molecule has 0 spiro atoms. The smallest absolute Gasteiger partial charge is 0.318 e. The first-order valence-electron chi connectivity index (χ1n) is 14.6. The van der Waals surface area contributed by atoms with E-state index >= 15 is 0 Å². The molecule has 4 N–H and O–H groups in total. The molecular formula is C33H36N6O3. The third-order valence-electron chi connectivity index (χ3n) is 8.41. The highest BCUT2D eigenvalue weighted by atomic mass is 16.2. The fourth-order valence-electron chi connectivity index (χ4n) is 5.95. The van der Waals surface area contributed by atoms with Gasteiger partial charge in [0.25, 0.3) is 5.91 Å². The number of fused-ring (bicyclic) bond motifs is 2. The van der Waals surface area contributed by atoms with Crippen molar-refractivity contribution in [3.63, 3.8) is 0 Å². The third-order valence-corrected chi connectivity index (χ3v) is 8.41. The van der Waals surface area contributed by atoms with Crippen molar-refractivity contribution in [2.75, 3.05) is 38.0 Å². The second kappa shape index (κ2) is 12.1. The van der Waals surface area contributed by atoms with E-state index in [0.717, 1.165) is 36.0 Å². The maximum Gasteiger partial charge on any atom is 0.318 e. The molecule has 1 fully saturated rings. The number of amides is 4. The summed E-state index contributed by atoms with van der Waals surface area (Å²) in [6.07, 6.45) is 2.88. The molecule has 2 aliphatic rings. The van der Waals surface area contributed by atoms with E-state index in [1.165, 1.54) is 11.1 Å². The maximum absolute atomic E-state index is 13.8. The molecule has 3 aromatic carbocycles. The van der Waals surface area contributed by atoms with Crippen LogP contribution in [0.5, 0.6) is 0 Å². The number of carbonyl (C=O) groups is 3. The Hall–Kier alpha value is -4.63. The Morgan fingerprint density at radius 2 is 1.60 bits per heavy atom. The summed E-state index contributed by atoms with van der Waals surface area (Å²) in [5, 5.41) is 10.5. The Kier molecular flexibility index (Phi) is 7.92. The van der Waals surface area contributed by atoms with Crippen molar-refractivity contribution in [3.8, 4) is 0 Å². The molecule has 216 valence electrons. The van der Waals surface area contributed by atoms with Crippen LogP contribution in [0.15, 0.2) is 79.0 Å². The van der Waals surface area contributed by atoms with Crippen LogP contribution in [-0.2, 0) is 17.8 Å². The lowest BCUT2D eigenvalue weighted by molar-refractivity contribution is -0.118. The number of piperazine rings is 1. The van der Waals surface area contributed by atoms with Gasteiger partial charge < -0.3 is 30.7 Å². The molecule has 2 unspecified atom stereocenters. The van der Waals surface area contributed by atoms with E-state index in [9.17, 15) is 14.4 Å². The van der Waals surface area contributed by atoms with Crippen LogP contribution in [0.3, 0.4) is 0 Å². The lowest BCUT2D eigenvalue weighted by atomic mass is 9.92. The molecule has 0 radical (unpaired) electrons. The van der Waals surface area contributed by atoms with E-state index in [-0.39, 0.29) is 23.8 Å². The van der Waals surface area contributed by atoms with Crippen LogP contribution in [0, 0.1) is 0 Å². The van der Waals surface area contributed by atoms with Gasteiger partial charge in [-0.1, -0.05) is 49.4 Å². The topological polar surface area (TPSA) is 110 Å². The van der Waals surface area contributed by atoms with Gasteiger partial charge in [-0.3, -0.25) is 9.59 Å². The van der Waals surface area contributed by atoms with Gasteiger partial charge in [0, 0.05) is 67.0 Å². The number of H-pyrrole nitrogens is 1. The number of nitrogens with one attached hydrogen (secondary N) is 4. The van der Waals surface area contributed by atoms with Gasteiger partial charge in [-0.2, -0.15) is 0 Å². The Bertz CT molecular complexity index is 1590. The highest BCUT2D eigenvalue weighted by Crippen LogP contribution is 2.29. The van der Waals surface area contributed by atoms with Crippen LogP contribution in [0.4, 0.5) is 10.5 Å². The van der Waals surface area contributed by atoms with Gasteiger partial charge in [0.1, 0.15) is 6.04 Å². The monoisotopic (exact) mass is 564 g/mol. The summed E-state index contributed by atoms with van der Waals surface area (Å²) >= 11 is 0. The predicted molar refractivity (Wildman–Crippen MR) is 163 cm³/mol. The first kappa shape index (κ1) is 27.5. The minimum atomic E-state index is -0.824. The molecule has 2 aliphatic heterocycles. The van der Waals surface area contributed by atoms with Crippen molar-refractivity contribution in [3.05, 3.63) is 101 Å². The Morgan fingerprint density at radius 1 is 0.857 bits per heavy atom. The molecule has 0 saturated carbocycles. The molecule has 0 bridgehead atoms. The standard InChI is InChI=1S/C33H36N6O3/c1-22(28-21-35-29-10-6-5-9-27(28)29)30(31(40)36-26-12-11-23-13-14-34-20-25(23)19-26)37-33(42)39-17-15-38(16-18-39)32(41)24-7-3-2-4-8-24/h2-12,19,21-22,30,34-35H,13-18,20H2,1H3,(H,36,40)(H,37,42). The fraction of sp³-hybridized carbons (Fsp3) is 0.303. The number of hydrogen-bond donors (Lipinski definition) is 4. The third kappa shape index (κ3) is 5.73. The van der Waals surface area contributed by atoms with Crippen molar-refractivity contribution >= 4 is 34.4 Å². The van der Waals surface area contributed by atoms with Gasteiger partial charge in [0.2, 0.25) is 5.91 Å². The zero-order valence-electron chi connectivity index (χ0n) is 23.7. The zero-order chi connectivity index (χ0) is 29.1. The normalized spacial score (nSPS) is 16.4. The molecule has 9 nitrogen and oxygen atoms in total. The van der Waals surface area contributed by atoms with E-state index in [1.807, 2.05) is 67.7 Å². The van der Waals surface area contributed by atoms with E-state index in [1.54, 1.807) is 21.9 Å². The summed E-state index contributed by atoms with van der Waals surface area (Å²) in [5.41, 5.74) is 5.74. The summed E-state index contributed by atoms with van der Waals surface area (Å²) in [6, 6.07) is 22.0. The average molecular weight is 565 g/mol. The number of hydrogen-bond acceptors (Lipinski definition) is 4. The van der Waals surface area contributed by atoms with Crippen LogP contribution in [0.2, 0.25) is 0 Å². The largest absolute Gasteiger partial charge is 0.361 e. The van der Waals surface area contributed by atoms with E-state index in [4.69, 9.17) is 0 Å². The van der Waals surface area contributed by atoms with Crippen LogP contribution >= 0.6 is 0 Å². The maximum atomic E-state index is 13.8. The van der Waals surface area contributed by atoms with Crippen LogP contribution in [-0.4, -0.2) is 71.4 Å². The van der Waals surface area contributed by atoms with E-state index < -0.39 is 6.04 Å². The van der Waals surface area contributed by atoms with Crippen LogP contribution < -0.4 is 16.0 Å². The number of aromatic amines is 1. The number of benzene rings is 3. The summed E-state index contributed by atoms with van der Waals surface area (Å²) in [5.74, 6) is -0.630. The minimum Gasteiger partial charge on any atom is -0.361 e.